The number of fused-ring (bicyclic) bond motifs is 5. The fraction of sp³-hybridized carbons (Fsp3) is 0. The average molecular weight is 651 g/mol. The maximum Gasteiger partial charge on any atom is 0.136 e. The highest BCUT2D eigenvalue weighted by atomic mass is 16.3. The lowest BCUT2D eigenvalue weighted by atomic mass is 9.93. The van der Waals surface area contributed by atoms with E-state index in [0.29, 0.717) is 0 Å². The van der Waals surface area contributed by atoms with Crippen LogP contribution in [0.1, 0.15) is 0 Å². The van der Waals surface area contributed by atoms with Gasteiger partial charge in [-0.05, 0) is 86.6 Å². The van der Waals surface area contributed by atoms with Crippen LogP contribution in [-0.4, -0.2) is 9.97 Å². The lowest BCUT2D eigenvalue weighted by molar-refractivity contribution is 0.669. The summed E-state index contributed by atoms with van der Waals surface area (Å²) in [5.41, 5.74) is 13.9. The number of nitrogens with zero attached hydrogens (tertiary/aromatic N) is 2. The van der Waals surface area contributed by atoms with Crippen LogP contribution in [0.25, 0.3) is 99.6 Å². The number of para-hydroxylation sites is 3. The van der Waals surface area contributed by atoms with Crippen molar-refractivity contribution in [3.63, 3.8) is 0 Å². The van der Waals surface area contributed by atoms with Gasteiger partial charge in [-0.3, -0.25) is 0 Å². The second kappa shape index (κ2) is 11.9. The maximum absolute atomic E-state index is 6.57. The van der Waals surface area contributed by atoms with Crippen LogP contribution in [0.2, 0.25) is 0 Å². The van der Waals surface area contributed by atoms with Gasteiger partial charge in [0.15, 0.2) is 0 Å². The van der Waals surface area contributed by atoms with Crippen molar-refractivity contribution in [2.45, 2.75) is 0 Å². The zero-order chi connectivity index (χ0) is 33.7. The average Bonchev–Trinajstić information content (AvgIpc) is 3.59. The molecule has 0 atom stereocenters. The molecule has 0 N–H and O–H groups in total. The molecule has 51 heavy (non-hydrogen) atoms. The molecule has 2 heterocycles. The van der Waals surface area contributed by atoms with Crippen LogP contribution in [0.15, 0.2) is 186 Å². The van der Waals surface area contributed by atoms with Gasteiger partial charge in [0.25, 0.3) is 0 Å². The summed E-state index contributed by atoms with van der Waals surface area (Å²) < 4.78 is 6.57. The van der Waals surface area contributed by atoms with Crippen LogP contribution in [0.3, 0.4) is 0 Å². The predicted molar refractivity (Wildman–Crippen MR) is 212 cm³/mol. The molecule has 0 aliphatic heterocycles. The van der Waals surface area contributed by atoms with Crippen LogP contribution < -0.4 is 0 Å². The molecule has 0 radical (unpaired) electrons. The van der Waals surface area contributed by atoms with Gasteiger partial charge in [0.2, 0.25) is 0 Å². The quantitative estimate of drug-likeness (QED) is 0.186. The zero-order valence-corrected chi connectivity index (χ0v) is 27.6. The summed E-state index contributed by atoms with van der Waals surface area (Å²) in [7, 11) is 0. The van der Waals surface area contributed by atoms with E-state index in [-0.39, 0.29) is 0 Å². The van der Waals surface area contributed by atoms with E-state index in [2.05, 4.69) is 140 Å². The number of benzene rings is 8. The number of rotatable bonds is 5. The van der Waals surface area contributed by atoms with Gasteiger partial charge in [-0.25, -0.2) is 9.97 Å². The third-order valence-electron chi connectivity index (χ3n) is 9.84. The van der Waals surface area contributed by atoms with Gasteiger partial charge in [-0.15, -0.1) is 0 Å². The molecule has 0 spiro atoms. The molecule has 0 amide bonds. The van der Waals surface area contributed by atoms with Crippen molar-refractivity contribution in [1.29, 1.82) is 0 Å². The van der Waals surface area contributed by atoms with Crippen molar-refractivity contribution in [3.8, 4) is 55.9 Å². The van der Waals surface area contributed by atoms with Crippen molar-refractivity contribution in [1.82, 2.24) is 9.97 Å². The van der Waals surface area contributed by atoms with Crippen molar-refractivity contribution in [2.24, 2.45) is 0 Å². The van der Waals surface area contributed by atoms with E-state index in [9.17, 15) is 0 Å². The van der Waals surface area contributed by atoms with Gasteiger partial charge < -0.3 is 4.42 Å². The van der Waals surface area contributed by atoms with Gasteiger partial charge in [0.05, 0.1) is 22.4 Å². The summed E-state index contributed by atoms with van der Waals surface area (Å²) >= 11 is 0. The lowest BCUT2D eigenvalue weighted by Crippen LogP contribution is -1.96. The fourth-order valence-electron chi connectivity index (χ4n) is 7.31. The topological polar surface area (TPSA) is 38.9 Å². The smallest absolute Gasteiger partial charge is 0.136 e. The molecule has 0 aliphatic carbocycles. The molecule has 0 saturated carbocycles. The molecule has 0 fully saturated rings. The Balaban J connectivity index is 1.17. The SMILES string of the molecule is c1ccc(-c2cccc(-c3nc4ccccc4nc3-c3cc(-c4ccc(-c5ccc6ccccc6c5)cc4)c4c(c3)oc3ccccc34)c2)cc1. The van der Waals surface area contributed by atoms with E-state index in [0.717, 1.165) is 77.7 Å². The van der Waals surface area contributed by atoms with Gasteiger partial charge in [0, 0.05) is 21.9 Å². The van der Waals surface area contributed by atoms with Crippen molar-refractivity contribution in [2.75, 3.05) is 0 Å². The minimum atomic E-state index is 0.815. The zero-order valence-electron chi connectivity index (χ0n) is 27.6. The Morgan fingerprint density at radius 3 is 1.75 bits per heavy atom. The number of hydrogen-bond acceptors (Lipinski definition) is 3. The summed E-state index contributed by atoms with van der Waals surface area (Å²) in [6.07, 6.45) is 0. The molecule has 3 heteroatoms. The molecule has 0 aliphatic rings. The Kier molecular flexibility index (Phi) is 6.81. The van der Waals surface area contributed by atoms with Crippen molar-refractivity contribution < 1.29 is 4.42 Å². The summed E-state index contributed by atoms with van der Waals surface area (Å²) in [5, 5.41) is 4.66. The monoisotopic (exact) mass is 650 g/mol. The Morgan fingerprint density at radius 2 is 0.922 bits per heavy atom. The highest BCUT2D eigenvalue weighted by Crippen LogP contribution is 2.42. The third-order valence-corrected chi connectivity index (χ3v) is 9.84. The van der Waals surface area contributed by atoms with Gasteiger partial charge in [0.1, 0.15) is 11.2 Å². The second-order valence-electron chi connectivity index (χ2n) is 13.0. The van der Waals surface area contributed by atoms with Crippen LogP contribution in [0, 0.1) is 0 Å². The maximum atomic E-state index is 6.57. The standard InChI is InChI=1S/C48H30N2O/c1-2-11-31(12-3-1)36-15-10-16-38(28-36)47-48(50-43-19-8-7-18-42(43)49-47)39-29-41(46-40-17-6-9-20-44(40)51-45(46)30-39)34-24-21-33(22-25-34)37-26-23-32-13-4-5-14-35(32)27-37/h1-30H. The highest BCUT2D eigenvalue weighted by Gasteiger charge is 2.20. The molecule has 10 rings (SSSR count). The first-order chi connectivity index (χ1) is 25.2. The van der Waals surface area contributed by atoms with Crippen molar-refractivity contribution in [3.05, 3.63) is 182 Å². The van der Waals surface area contributed by atoms with E-state index >= 15 is 0 Å². The van der Waals surface area contributed by atoms with E-state index in [1.165, 1.54) is 21.9 Å². The largest absolute Gasteiger partial charge is 0.456 e. The van der Waals surface area contributed by atoms with Crippen LogP contribution in [-0.2, 0) is 0 Å². The van der Waals surface area contributed by atoms with E-state index in [4.69, 9.17) is 14.4 Å². The van der Waals surface area contributed by atoms with Gasteiger partial charge >= 0.3 is 0 Å². The lowest BCUT2D eigenvalue weighted by Gasteiger charge is -2.14. The Labute approximate surface area is 295 Å². The summed E-state index contributed by atoms with van der Waals surface area (Å²) in [6, 6.07) is 63.9. The first kappa shape index (κ1) is 29.1. The van der Waals surface area contributed by atoms with E-state index < -0.39 is 0 Å². The Morgan fingerprint density at radius 1 is 0.333 bits per heavy atom. The third kappa shape index (κ3) is 5.15. The molecular weight excluding hydrogens is 621 g/mol. The molecule has 0 saturated heterocycles. The van der Waals surface area contributed by atoms with Crippen LogP contribution in [0.4, 0.5) is 0 Å². The summed E-state index contributed by atoms with van der Waals surface area (Å²) in [5.74, 6) is 0. The first-order valence-corrected chi connectivity index (χ1v) is 17.2. The molecule has 2 aromatic heterocycles. The van der Waals surface area contributed by atoms with E-state index in [1.807, 2.05) is 42.5 Å². The molecule has 3 nitrogen and oxygen atoms in total. The van der Waals surface area contributed by atoms with Gasteiger partial charge in [-0.1, -0.05) is 140 Å². The minimum Gasteiger partial charge on any atom is -0.456 e. The number of hydrogen-bond donors (Lipinski definition) is 0. The second-order valence-corrected chi connectivity index (χ2v) is 13.0. The minimum absolute atomic E-state index is 0.815. The predicted octanol–water partition coefficient (Wildman–Crippen LogP) is 13.0. The molecule has 10 aromatic rings. The van der Waals surface area contributed by atoms with E-state index in [1.54, 1.807) is 0 Å². The molecular formula is C48H30N2O. The molecule has 0 bridgehead atoms. The normalized spacial score (nSPS) is 11.5. The number of aromatic nitrogens is 2. The van der Waals surface area contributed by atoms with Gasteiger partial charge in [-0.2, -0.15) is 0 Å². The van der Waals surface area contributed by atoms with Crippen molar-refractivity contribution >= 4 is 43.7 Å². The number of furan rings is 1. The Bertz CT molecular complexity index is 2910. The highest BCUT2D eigenvalue weighted by molar-refractivity contribution is 6.14. The summed E-state index contributed by atoms with van der Waals surface area (Å²) in [6.45, 7) is 0. The first-order valence-electron chi connectivity index (χ1n) is 17.2. The van der Waals surface area contributed by atoms with Crippen LogP contribution in [0.5, 0.6) is 0 Å². The Hall–Kier alpha value is -6.84. The molecule has 0 unspecified atom stereocenters. The molecule has 8 aromatic carbocycles. The molecule has 238 valence electrons. The fourth-order valence-corrected chi connectivity index (χ4v) is 7.31. The van der Waals surface area contributed by atoms with Crippen LogP contribution >= 0.6 is 0 Å². The summed E-state index contributed by atoms with van der Waals surface area (Å²) in [4.78, 5) is 10.5.